The highest BCUT2D eigenvalue weighted by molar-refractivity contribution is 5.89. The highest BCUT2D eigenvalue weighted by Crippen LogP contribution is 1.70. The maximum atomic E-state index is 9.55. The van der Waals surface area contributed by atoms with Crippen LogP contribution in [0, 0.1) is 0 Å². The lowest BCUT2D eigenvalue weighted by Gasteiger charge is -1.74. The summed E-state index contributed by atoms with van der Waals surface area (Å²) in [5.74, 6) is -2.51. The molecule has 0 aromatic heterocycles. The maximum absolute atomic E-state index is 9.55. The average Bonchev–Trinajstić information content (AvgIpc) is 1.89. The van der Waals surface area contributed by atoms with Crippen LogP contribution in [0.4, 0.5) is 0 Å². The van der Waals surface area contributed by atoms with Gasteiger partial charge in [-0.15, -0.1) is 0 Å². The Kier molecular flexibility index (Phi) is 8.67. The van der Waals surface area contributed by atoms with E-state index >= 15 is 0 Å². The van der Waals surface area contributed by atoms with Crippen LogP contribution in [-0.4, -0.2) is 32.7 Å². The minimum absolute atomic E-state index is 0.558. The zero-order valence-electron chi connectivity index (χ0n) is 4.76. The Morgan fingerprint density at radius 1 is 0.900 bits per heavy atom. The molecule has 6 heteroatoms. The highest BCUT2D eigenvalue weighted by atomic mass is 17.0. The first-order valence-corrected chi connectivity index (χ1v) is 1.97. The Morgan fingerprint density at radius 2 is 1.10 bits per heavy atom. The summed E-state index contributed by atoms with van der Waals surface area (Å²) in [6, 6.07) is 0. The third-order valence-corrected chi connectivity index (χ3v) is 0.368. The maximum Gasteiger partial charge on any atom is 0.328 e. The molecule has 0 bridgehead atoms. The van der Waals surface area contributed by atoms with Crippen molar-refractivity contribution in [3.63, 3.8) is 0 Å². The van der Waals surface area contributed by atoms with Crippen molar-refractivity contribution in [1.29, 1.82) is 0 Å². The Hall–Kier alpha value is -1.40. The van der Waals surface area contributed by atoms with Gasteiger partial charge in [-0.1, -0.05) is 0 Å². The van der Waals surface area contributed by atoms with Gasteiger partial charge in [-0.3, -0.25) is 10.5 Å². The molecule has 0 atom stereocenters. The van der Waals surface area contributed by atoms with Gasteiger partial charge in [0.15, 0.2) is 0 Å². The second kappa shape index (κ2) is 7.60. The van der Waals surface area contributed by atoms with Gasteiger partial charge in [0, 0.05) is 12.2 Å². The highest BCUT2D eigenvalue weighted by Gasteiger charge is 1.88. The lowest BCUT2D eigenvalue weighted by molar-refractivity contribution is -0.176. The minimum Gasteiger partial charge on any atom is -0.478 e. The van der Waals surface area contributed by atoms with Crippen molar-refractivity contribution in [1.82, 2.24) is 0 Å². The van der Waals surface area contributed by atoms with Crippen LogP contribution in [0.2, 0.25) is 0 Å². The van der Waals surface area contributed by atoms with Crippen LogP contribution in [0.3, 0.4) is 0 Å². The van der Waals surface area contributed by atoms with Gasteiger partial charge in [-0.2, -0.15) is 0 Å². The monoisotopic (exact) mass is 150 g/mol. The summed E-state index contributed by atoms with van der Waals surface area (Å²) in [4.78, 5) is 19.1. The van der Waals surface area contributed by atoms with Gasteiger partial charge in [-0.05, 0) is 0 Å². The van der Waals surface area contributed by atoms with Crippen molar-refractivity contribution < 1.29 is 30.3 Å². The van der Waals surface area contributed by atoms with Gasteiger partial charge in [0.05, 0.1) is 0 Å². The van der Waals surface area contributed by atoms with Gasteiger partial charge in [0.25, 0.3) is 0 Å². The Labute approximate surface area is 55.6 Å². The molecule has 0 radical (unpaired) electrons. The molecule has 0 fully saturated rings. The molecule has 4 N–H and O–H groups in total. The van der Waals surface area contributed by atoms with Crippen LogP contribution in [0.15, 0.2) is 12.2 Å². The van der Waals surface area contributed by atoms with E-state index in [0.29, 0.717) is 12.2 Å². The van der Waals surface area contributed by atoms with Crippen molar-refractivity contribution in [2.24, 2.45) is 0 Å². The van der Waals surface area contributed by atoms with Gasteiger partial charge in [0.2, 0.25) is 0 Å². The zero-order valence-corrected chi connectivity index (χ0v) is 4.76. The van der Waals surface area contributed by atoms with Crippen molar-refractivity contribution in [3.8, 4) is 0 Å². The summed E-state index contributed by atoms with van der Waals surface area (Å²) >= 11 is 0. The molecule has 58 valence electrons. The average molecular weight is 150 g/mol. The fourth-order valence-corrected chi connectivity index (χ4v) is 0.143. The van der Waals surface area contributed by atoms with Crippen molar-refractivity contribution >= 4 is 11.9 Å². The van der Waals surface area contributed by atoms with Crippen LogP contribution < -0.4 is 0 Å². The van der Waals surface area contributed by atoms with E-state index < -0.39 is 11.9 Å². The molecule has 0 aliphatic heterocycles. The molecule has 0 saturated heterocycles. The first kappa shape index (κ1) is 11.4. The molecule has 0 unspecified atom stereocenters. The van der Waals surface area contributed by atoms with Crippen molar-refractivity contribution in [2.45, 2.75) is 0 Å². The first-order valence-electron chi connectivity index (χ1n) is 1.97. The predicted molar refractivity (Wildman–Crippen MR) is 29.7 cm³/mol. The number of hydrogen-bond acceptors (Lipinski definition) is 4. The zero-order chi connectivity index (χ0) is 8.57. The summed E-state index contributed by atoms with van der Waals surface area (Å²) in [7, 11) is 0. The molecule has 0 aromatic rings. The molecule has 0 saturated carbocycles. The van der Waals surface area contributed by atoms with E-state index in [1.165, 1.54) is 0 Å². The third-order valence-electron chi connectivity index (χ3n) is 0.368. The smallest absolute Gasteiger partial charge is 0.328 e. The largest absolute Gasteiger partial charge is 0.478 e. The van der Waals surface area contributed by atoms with E-state index in [0.717, 1.165) is 0 Å². The normalized spacial score (nSPS) is 8.20. The third kappa shape index (κ3) is 16.0. The number of carboxylic acid groups (broad SMARTS) is 2. The molecule has 0 heterocycles. The van der Waals surface area contributed by atoms with Crippen LogP contribution in [0.25, 0.3) is 0 Å². The molecule has 0 aliphatic rings. The Bertz CT molecular complexity index is 121. The summed E-state index contributed by atoms with van der Waals surface area (Å²) in [5, 5.41) is 27.6. The van der Waals surface area contributed by atoms with Crippen LogP contribution >= 0.6 is 0 Å². The van der Waals surface area contributed by atoms with E-state index in [9.17, 15) is 9.59 Å². The summed E-state index contributed by atoms with van der Waals surface area (Å²) in [6.07, 6.45) is 1.12. The second-order valence-corrected chi connectivity index (χ2v) is 1.01. The van der Waals surface area contributed by atoms with E-state index in [-0.39, 0.29) is 0 Å². The van der Waals surface area contributed by atoms with Crippen LogP contribution in [0.1, 0.15) is 0 Å². The summed E-state index contributed by atoms with van der Waals surface area (Å²) < 4.78 is 0. The topological polar surface area (TPSA) is 115 Å². The fourth-order valence-electron chi connectivity index (χ4n) is 0.143. The Balaban J connectivity index is 0. The number of carbonyl (C=O) groups is 2. The van der Waals surface area contributed by atoms with Crippen molar-refractivity contribution in [2.75, 3.05) is 0 Å². The second-order valence-electron chi connectivity index (χ2n) is 1.01. The quantitative estimate of drug-likeness (QED) is 0.244. The summed E-state index contributed by atoms with van der Waals surface area (Å²) in [6.45, 7) is 0. The number of carboxylic acids is 2. The predicted octanol–water partition coefficient (Wildman–Crippen LogP) is -0.271. The first-order chi connectivity index (χ1) is 4.63. The van der Waals surface area contributed by atoms with E-state index in [2.05, 4.69) is 0 Å². The molecule has 0 rings (SSSR count). The molecule has 0 aliphatic carbocycles. The van der Waals surface area contributed by atoms with Crippen molar-refractivity contribution in [3.05, 3.63) is 12.2 Å². The minimum atomic E-state index is -1.26. The van der Waals surface area contributed by atoms with E-state index in [1.807, 2.05) is 0 Å². The number of aliphatic carboxylic acids is 2. The van der Waals surface area contributed by atoms with E-state index in [4.69, 9.17) is 20.7 Å². The van der Waals surface area contributed by atoms with Gasteiger partial charge >= 0.3 is 11.9 Å². The number of hydrogen-bond donors (Lipinski definition) is 4. The molecular weight excluding hydrogens is 144 g/mol. The molecule has 10 heavy (non-hydrogen) atoms. The molecular formula is C4H6O6. The van der Waals surface area contributed by atoms with Gasteiger partial charge < -0.3 is 10.2 Å². The number of rotatable bonds is 2. The molecule has 6 nitrogen and oxygen atoms in total. The van der Waals surface area contributed by atoms with Crippen LogP contribution in [-0.2, 0) is 9.59 Å². The Morgan fingerprint density at radius 3 is 1.20 bits per heavy atom. The van der Waals surface area contributed by atoms with Gasteiger partial charge in [-0.25, -0.2) is 9.59 Å². The molecule has 0 aromatic carbocycles. The molecule has 0 spiro atoms. The fraction of sp³-hybridized carbons (Fsp3) is 0. The lowest BCUT2D eigenvalue weighted by atomic mass is 10.5. The van der Waals surface area contributed by atoms with Gasteiger partial charge in [0.1, 0.15) is 0 Å². The summed E-state index contributed by atoms with van der Waals surface area (Å²) in [5.41, 5.74) is 0. The lowest BCUT2D eigenvalue weighted by Crippen LogP contribution is -1.91. The SMILES string of the molecule is O=C(O)/C=C/C(=O)O.OO. The standard InChI is InChI=1S/C4H4O4.H2O2/c5-3(6)1-2-4(7)8;1-2/h1-2H,(H,5,6)(H,7,8);1-2H/b2-1+;. The molecule has 0 amide bonds. The van der Waals surface area contributed by atoms with Crippen LogP contribution in [0.5, 0.6) is 0 Å². The van der Waals surface area contributed by atoms with E-state index in [1.54, 1.807) is 0 Å².